The molecule has 3 N–H and O–H groups in total. The summed E-state index contributed by atoms with van der Waals surface area (Å²) in [6.07, 6.45) is 4.76. The number of likely N-dealkylation sites (tertiary alicyclic amines) is 1. The molecule has 0 spiro atoms. The predicted octanol–water partition coefficient (Wildman–Crippen LogP) is 2.53. The summed E-state index contributed by atoms with van der Waals surface area (Å²) in [7, 11) is 0. The zero-order chi connectivity index (χ0) is 17.6. The molecular formula is C19H21N3O3. The van der Waals surface area contributed by atoms with E-state index in [9.17, 15) is 14.7 Å². The lowest BCUT2D eigenvalue weighted by Crippen LogP contribution is -2.38. The van der Waals surface area contributed by atoms with Gasteiger partial charge in [-0.3, -0.25) is 9.59 Å². The van der Waals surface area contributed by atoms with Crippen LogP contribution in [0.25, 0.3) is 10.8 Å². The number of aliphatic carboxylic acids is 1. The zero-order valence-corrected chi connectivity index (χ0v) is 13.9. The summed E-state index contributed by atoms with van der Waals surface area (Å²) in [6.45, 7) is 0.730. The summed E-state index contributed by atoms with van der Waals surface area (Å²) in [4.78, 5) is 30.4. The van der Waals surface area contributed by atoms with Crippen LogP contribution in [0.2, 0.25) is 0 Å². The highest BCUT2D eigenvalue weighted by Crippen LogP contribution is 2.37. The van der Waals surface area contributed by atoms with E-state index in [0.29, 0.717) is 23.7 Å². The molecule has 2 fully saturated rings. The van der Waals surface area contributed by atoms with Crippen molar-refractivity contribution in [1.82, 2.24) is 9.88 Å². The number of carbonyl (C=O) groups is 2. The van der Waals surface area contributed by atoms with Crippen LogP contribution in [0, 0.1) is 11.8 Å². The maximum Gasteiger partial charge on any atom is 0.306 e. The average Bonchev–Trinajstić information content (AvgIpc) is 2.85. The fraction of sp³-hybridized carbons (Fsp3) is 0.421. The maximum atomic E-state index is 13.0. The molecule has 2 heterocycles. The third-order valence-corrected chi connectivity index (χ3v) is 5.58. The summed E-state index contributed by atoms with van der Waals surface area (Å²) in [5.74, 6) is -0.225. The summed E-state index contributed by atoms with van der Waals surface area (Å²) in [5, 5.41) is 11.2. The molecule has 3 unspecified atom stereocenters. The van der Waals surface area contributed by atoms with E-state index in [4.69, 9.17) is 5.73 Å². The molecule has 6 nitrogen and oxygen atoms in total. The molecule has 1 aliphatic carbocycles. The van der Waals surface area contributed by atoms with E-state index in [-0.39, 0.29) is 17.9 Å². The Morgan fingerprint density at radius 3 is 2.80 bits per heavy atom. The fourth-order valence-corrected chi connectivity index (χ4v) is 4.26. The molecule has 1 aromatic heterocycles. The molecule has 3 atom stereocenters. The van der Waals surface area contributed by atoms with Crippen molar-refractivity contribution in [3.05, 3.63) is 36.0 Å². The summed E-state index contributed by atoms with van der Waals surface area (Å²) >= 11 is 0. The molecule has 2 bridgehead atoms. The Kier molecular flexibility index (Phi) is 3.82. The van der Waals surface area contributed by atoms with E-state index >= 15 is 0 Å². The van der Waals surface area contributed by atoms with Gasteiger partial charge in [-0.05, 0) is 55.2 Å². The Morgan fingerprint density at radius 1 is 1.16 bits per heavy atom. The lowest BCUT2D eigenvalue weighted by atomic mass is 9.96. The third kappa shape index (κ3) is 2.92. The van der Waals surface area contributed by atoms with Gasteiger partial charge in [0, 0.05) is 29.7 Å². The van der Waals surface area contributed by atoms with Gasteiger partial charge in [-0.15, -0.1) is 0 Å². The highest BCUT2D eigenvalue weighted by Gasteiger charge is 2.40. The van der Waals surface area contributed by atoms with Crippen LogP contribution in [0.15, 0.2) is 30.5 Å². The first-order chi connectivity index (χ1) is 12.0. The van der Waals surface area contributed by atoms with Crippen LogP contribution in [0.1, 0.15) is 36.0 Å². The number of pyridine rings is 1. The quantitative estimate of drug-likeness (QED) is 0.876. The Hall–Kier alpha value is -2.63. The van der Waals surface area contributed by atoms with Crippen LogP contribution in [-0.4, -0.2) is 39.5 Å². The summed E-state index contributed by atoms with van der Waals surface area (Å²) in [6, 6.07) is 7.36. The Balaban J connectivity index is 1.60. The minimum absolute atomic E-state index is 0.0164. The topological polar surface area (TPSA) is 96.5 Å². The normalized spacial score (nSPS) is 25.8. The van der Waals surface area contributed by atoms with Gasteiger partial charge in [0.25, 0.3) is 5.91 Å². The van der Waals surface area contributed by atoms with Crippen molar-refractivity contribution in [3.63, 3.8) is 0 Å². The van der Waals surface area contributed by atoms with Crippen LogP contribution in [0.3, 0.4) is 0 Å². The molecule has 1 aliphatic heterocycles. The van der Waals surface area contributed by atoms with Crippen molar-refractivity contribution in [3.8, 4) is 0 Å². The molecule has 2 aliphatic rings. The highest BCUT2D eigenvalue weighted by molar-refractivity contribution is 5.99. The number of nitrogen functional groups attached to an aromatic ring is 1. The standard InChI is InChI=1S/C19H21N3O3/c20-17-8-12-3-4-13(6-15(12)9-21-17)18(23)22-10-11-1-2-14(19(24)25)7-16(22)5-11/h3-4,6,8-9,11,14,16H,1-2,5,7,10H2,(H2,20,21)(H,24,25). The summed E-state index contributed by atoms with van der Waals surface area (Å²) < 4.78 is 0. The van der Waals surface area contributed by atoms with Gasteiger partial charge in [0.05, 0.1) is 5.92 Å². The number of carbonyl (C=O) groups excluding carboxylic acids is 1. The van der Waals surface area contributed by atoms with Gasteiger partial charge in [0.15, 0.2) is 0 Å². The SMILES string of the molecule is Nc1cc2ccc(C(=O)N3CC4CCC(C(=O)O)CC3C4)cc2cn1. The first kappa shape index (κ1) is 15.9. The van der Waals surface area contributed by atoms with Gasteiger partial charge in [-0.2, -0.15) is 0 Å². The van der Waals surface area contributed by atoms with E-state index in [1.807, 2.05) is 23.1 Å². The Bertz CT molecular complexity index is 851. The van der Waals surface area contributed by atoms with E-state index in [2.05, 4.69) is 4.98 Å². The number of carboxylic acids is 1. The number of carboxylic acid groups (broad SMARTS) is 1. The van der Waals surface area contributed by atoms with Crippen molar-refractivity contribution in [2.75, 3.05) is 12.3 Å². The Morgan fingerprint density at radius 2 is 2.00 bits per heavy atom. The van der Waals surface area contributed by atoms with E-state index in [0.717, 1.165) is 36.6 Å². The smallest absolute Gasteiger partial charge is 0.306 e. The first-order valence-corrected chi connectivity index (χ1v) is 8.70. The molecule has 1 aromatic carbocycles. The van der Waals surface area contributed by atoms with Gasteiger partial charge < -0.3 is 15.7 Å². The summed E-state index contributed by atoms with van der Waals surface area (Å²) in [5.41, 5.74) is 6.32. The fourth-order valence-electron chi connectivity index (χ4n) is 4.26. The number of hydrogen-bond acceptors (Lipinski definition) is 4. The van der Waals surface area contributed by atoms with E-state index < -0.39 is 5.97 Å². The van der Waals surface area contributed by atoms with Gasteiger partial charge >= 0.3 is 5.97 Å². The van der Waals surface area contributed by atoms with Crippen LogP contribution >= 0.6 is 0 Å². The number of anilines is 1. The van der Waals surface area contributed by atoms with Gasteiger partial charge in [0.2, 0.25) is 0 Å². The van der Waals surface area contributed by atoms with Gasteiger partial charge in [-0.25, -0.2) is 4.98 Å². The minimum atomic E-state index is -0.741. The third-order valence-electron chi connectivity index (χ3n) is 5.58. The molecule has 1 saturated heterocycles. The van der Waals surface area contributed by atoms with Crippen molar-refractivity contribution in [2.45, 2.75) is 31.7 Å². The van der Waals surface area contributed by atoms with Crippen molar-refractivity contribution in [1.29, 1.82) is 0 Å². The van der Waals surface area contributed by atoms with Crippen molar-refractivity contribution in [2.24, 2.45) is 11.8 Å². The molecule has 4 rings (SSSR count). The van der Waals surface area contributed by atoms with Crippen LogP contribution < -0.4 is 5.73 Å². The van der Waals surface area contributed by atoms with Crippen LogP contribution in [0.5, 0.6) is 0 Å². The molecule has 0 radical (unpaired) electrons. The van der Waals surface area contributed by atoms with Crippen LogP contribution in [0.4, 0.5) is 5.82 Å². The second-order valence-electron chi connectivity index (χ2n) is 7.23. The van der Waals surface area contributed by atoms with Crippen molar-refractivity contribution >= 4 is 28.5 Å². The molecule has 1 amide bonds. The highest BCUT2D eigenvalue weighted by atomic mass is 16.4. The number of rotatable bonds is 2. The molecule has 130 valence electrons. The molecule has 2 aromatic rings. The number of benzene rings is 1. The molecule has 6 heteroatoms. The molecule has 1 saturated carbocycles. The number of nitrogens with two attached hydrogens (primary N) is 1. The number of aromatic nitrogens is 1. The lowest BCUT2D eigenvalue weighted by Gasteiger charge is -2.28. The van der Waals surface area contributed by atoms with E-state index in [1.54, 1.807) is 12.3 Å². The first-order valence-electron chi connectivity index (χ1n) is 8.70. The lowest BCUT2D eigenvalue weighted by molar-refractivity contribution is -0.142. The second kappa shape index (κ2) is 6.02. The minimum Gasteiger partial charge on any atom is -0.481 e. The van der Waals surface area contributed by atoms with E-state index in [1.165, 1.54) is 0 Å². The molecule has 25 heavy (non-hydrogen) atoms. The number of nitrogens with zero attached hydrogens (tertiary/aromatic N) is 2. The monoisotopic (exact) mass is 339 g/mol. The average molecular weight is 339 g/mol. The largest absolute Gasteiger partial charge is 0.481 e. The maximum absolute atomic E-state index is 13.0. The Labute approximate surface area is 145 Å². The number of hydrogen-bond donors (Lipinski definition) is 2. The predicted molar refractivity (Wildman–Crippen MR) is 94.1 cm³/mol. The number of amides is 1. The van der Waals surface area contributed by atoms with Crippen LogP contribution in [-0.2, 0) is 4.79 Å². The zero-order valence-electron chi connectivity index (χ0n) is 13.9. The van der Waals surface area contributed by atoms with Crippen molar-refractivity contribution < 1.29 is 14.7 Å². The number of fused-ring (bicyclic) bond motifs is 3. The second-order valence-corrected chi connectivity index (χ2v) is 7.23. The van der Waals surface area contributed by atoms with Gasteiger partial charge in [0.1, 0.15) is 5.82 Å². The van der Waals surface area contributed by atoms with Gasteiger partial charge in [-0.1, -0.05) is 6.07 Å². The molecular weight excluding hydrogens is 318 g/mol.